The number of aromatic nitrogens is 1. The molecule has 0 aliphatic heterocycles. The van der Waals surface area contributed by atoms with E-state index >= 15 is 0 Å². The van der Waals surface area contributed by atoms with Gasteiger partial charge in [0.2, 0.25) is 0 Å². The number of hydrogen-bond donors (Lipinski definition) is 3. The average molecular weight is 195 g/mol. The van der Waals surface area contributed by atoms with Gasteiger partial charge in [-0.15, -0.1) is 0 Å². The quantitative estimate of drug-likeness (QED) is 0.640. The topological polar surface area (TPSA) is 80.2 Å². The predicted octanol–water partition coefficient (Wildman–Crippen LogP) is 0.220. The molecule has 1 aromatic rings. The molecule has 14 heavy (non-hydrogen) atoms. The van der Waals surface area contributed by atoms with Crippen LogP contribution in [0.5, 0.6) is 0 Å². The lowest BCUT2D eigenvalue weighted by Gasteiger charge is -2.11. The lowest BCUT2D eigenvalue weighted by molar-refractivity contribution is 0.425. The number of nitrogens with one attached hydrogen (secondary N) is 1. The summed E-state index contributed by atoms with van der Waals surface area (Å²) >= 11 is 0. The number of likely N-dealkylation sites (N-methyl/N-ethyl adjacent to an activating group) is 1. The first-order valence-electron chi connectivity index (χ1n) is 4.50. The van der Waals surface area contributed by atoms with Gasteiger partial charge in [-0.05, 0) is 26.2 Å². The van der Waals surface area contributed by atoms with Crippen LogP contribution in [-0.2, 0) is 0 Å². The van der Waals surface area contributed by atoms with Crippen LogP contribution in [0.2, 0.25) is 0 Å². The summed E-state index contributed by atoms with van der Waals surface area (Å²) in [6, 6.07) is 3.57. The number of nitrogen functional groups attached to an aromatic ring is 2. The number of nitrogens with zero attached hydrogens (tertiary/aromatic N) is 2. The molecule has 0 aromatic carbocycles. The second-order valence-corrected chi connectivity index (χ2v) is 3.40. The molecule has 5 heteroatoms. The number of pyridine rings is 1. The highest BCUT2D eigenvalue weighted by molar-refractivity contribution is 5.61. The molecule has 0 radical (unpaired) electrons. The molecule has 5 nitrogen and oxygen atoms in total. The van der Waals surface area contributed by atoms with E-state index in [1.807, 2.05) is 20.2 Å². The predicted molar refractivity (Wildman–Crippen MR) is 60.1 cm³/mol. The third-order valence-corrected chi connectivity index (χ3v) is 1.82. The van der Waals surface area contributed by atoms with E-state index in [1.165, 1.54) is 0 Å². The number of anilines is 3. The second kappa shape index (κ2) is 4.66. The normalized spacial score (nSPS) is 10.5. The minimum atomic E-state index is 0.375. The Hall–Kier alpha value is -1.49. The van der Waals surface area contributed by atoms with Crippen LogP contribution in [0.25, 0.3) is 0 Å². The monoisotopic (exact) mass is 195 g/mol. The van der Waals surface area contributed by atoms with E-state index in [-0.39, 0.29) is 0 Å². The number of hydrogen-bond acceptors (Lipinski definition) is 5. The van der Waals surface area contributed by atoms with Crippen molar-refractivity contribution in [2.24, 2.45) is 0 Å². The Labute approximate surface area is 84.1 Å². The third-order valence-electron chi connectivity index (χ3n) is 1.82. The number of nitrogens with two attached hydrogens (primary N) is 2. The van der Waals surface area contributed by atoms with E-state index in [9.17, 15) is 0 Å². The van der Waals surface area contributed by atoms with Crippen LogP contribution in [-0.4, -0.2) is 37.1 Å². The molecule has 5 N–H and O–H groups in total. The molecule has 1 heterocycles. The smallest absolute Gasteiger partial charge is 0.149 e. The van der Waals surface area contributed by atoms with Gasteiger partial charge in [0.1, 0.15) is 11.6 Å². The van der Waals surface area contributed by atoms with Crippen molar-refractivity contribution in [2.75, 3.05) is 44.0 Å². The molecule has 0 saturated heterocycles. The molecule has 0 atom stereocenters. The van der Waals surface area contributed by atoms with E-state index < -0.39 is 0 Å². The highest BCUT2D eigenvalue weighted by Crippen LogP contribution is 2.13. The van der Waals surface area contributed by atoms with Crippen LogP contribution in [0, 0.1) is 0 Å². The molecular formula is C9H17N5. The molecule has 0 spiro atoms. The van der Waals surface area contributed by atoms with E-state index in [1.54, 1.807) is 6.07 Å². The fraction of sp³-hybridized carbons (Fsp3) is 0.444. The molecule has 0 unspecified atom stereocenters. The maximum absolute atomic E-state index is 5.57. The van der Waals surface area contributed by atoms with Crippen LogP contribution in [0.4, 0.5) is 17.3 Å². The Bertz CT molecular complexity index is 297. The van der Waals surface area contributed by atoms with Gasteiger partial charge in [0.05, 0.1) is 5.69 Å². The van der Waals surface area contributed by atoms with E-state index in [0.29, 0.717) is 11.5 Å². The van der Waals surface area contributed by atoms with Gasteiger partial charge >= 0.3 is 0 Å². The van der Waals surface area contributed by atoms with Gasteiger partial charge in [0, 0.05) is 13.1 Å². The molecule has 0 amide bonds. The lowest BCUT2D eigenvalue weighted by Crippen LogP contribution is -2.21. The first kappa shape index (κ1) is 10.6. The fourth-order valence-corrected chi connectivity index (χ4v) is 0.992. The summed E-state index contributed by atoms with van der Waals surface area (Å²) in [5.74, 6) is 1.14. The Kier molecular flexibility index (Phi) is 3.53. The van der Waals surface area contributed by atoms with Crippen molar-refractivity contribution in [1.29, 1.82) is 0 Å². The van der Waals surface area contributed by atoms with Crippen molar-refractivity contribution in [2.45, 2.75) is 0 Å². The minimum Gasteiger partial charge on any atom is -0.396 e. The highest BCUT2D eigenvalue weighted by Gasteiger charge is 1.98. The van der Waals surface area contributed by atoms with Crippen molar-refractivity contribution >= 4 is 17.3 Å². The maximum Gasteiger partial charge on any atom is 0.149 e. The summed E-state index contributed by atoms with van der Waals surface area (Å²) in [6.07, 6.45) is 0. The minimum absolute atomic E-state index is 0.375. The first-order chi connectivity index (χ1) is 6.59. The van der Waals surface area contributed by atoms with Crippen LogP contribution < -0.4 is 16.8 Å². The summed E-state index contributed by atoms with van der Waals surface area (Å²) in [7, 11) is 4.04. The Balaban J connectivity index is 2.47. The zero-order chi connectivity index (χ0) is 10.6. The molecule has 0 fully saturated rings. The van der Waals surface area contributed by atoms with Crippen LogP contribution in [0.1, 0.15) is 0 Å². The van der Waals surface area contributed by atoms with Crippen molar-refractivity contribution < 1.29 is 0 Å². The van der Waals surface area contributed by atoms with E-state index in [2.05, 4.69) is 15.2 Å². The van der Waals surface area contributed by atoms with Crippen molar-refractivity contribution in [3.8, 4) is 0 Å². The van der Waals surface area contributed by atoms with Gasteiger partial charge in [0.15, 0.2) is 0 Å². The first-order valence-corrected chi connectivity index (χ1v) is 4.50. The standard InChI is InChI=1S/C9H17N5/c1-14(2)6-5-12-8-4-3-7(10)9(11)13-8/h3-4H,5-6,10H2,1-2H3,(H3,11,12,13). The fourth-order valence-electron chi connectivity index (χ4n) is 0.992. The number of rotatable bonds is 4. The van der Waals surface area contributed by atoms with Crippen LogP contribution >= 0.6 is 0 Å². The zero-order valence-corrected chi connectivity index (χ0v) is 8.62. The van der Waals surface area contributed by atoms with Crippen molar-refractivity contribution in [1.82, 2.24) is 9.88 Å². The van der Waals surface area contributed by atoms with Crippen molar-refractivity contribution in [3.63, 3.8) is 0 Å². The molecular weight excluding hydrogens is 178 g/mol. The van der Waals surface area contributed by atoms with E-state index in [0.717, 1.165) is 18.9 Å². The van der Waals surface area contributed by atoms with Gasteiger partial charge in [0.25, 0.3) is 0 Å². The molecule has 1 aromatic heterocycles. The zero-order valence-electron chi connectivity index (χ0n) is 8.62. The maximum atomic E-state index is 5.57. The summed E-state index contributed by atoms with van der Waals surface area (Å²) in [5, 5.41) is 3.16. The van der Waals surface area contributed by atoms with Gasteiger partial charge in [-0.25, -0.2) is 4.98 Å². The summed E-state index contributed by atoms with van der Waals surface area (Å²) in [6.45, 7) is 1.79. The van der Waals surface area contributed by atoms with Gasteiger partial charge in [-0.1, -0.05) is 0 Å². The summed E-state index contributed by atoms with van der Waals surface area (Å²) < 4.78 is 0. The Morgan fingerprint density at radius 1 is 1.36 bits per heavy atom. The van der Waals surface area contributed by atoms with Gasteiger partial charge < -0.3 is 21.7 Å². The second-order valence-electron chi connectivity index (χ2n) is 3.40. The molecule has 1 rings (SSSR count). The van der Waals surface area contributed by atoms with Crippen molar-refractivity contribution in [3.05, 3.63) is 12.1 Å². The van der Waals surface area contributed by atoms with Gasteiger partial charge in [-0.2, -0.15) is 0 Å². The van der Waals surface area contributed by atoms with Crippen LogP contribution in [0.15, 0.2) is 12.1 Å². The Morgan fingerprint density at radius 2 is 2.07 bits per heavy atom. The third kappa shape index (κ3) is 3.10. The highest BCUT2D eigenvalue weighted by atomic mass is 15.1. The lowest BCUT2D eigenvalue weighted by atomic mass is 10.4. The summed E-state index contributed by atoms with van der Waals surface area (Å²) in [4.78, 5) is 6.18. The Morgan fingerprint density at radius 3 is 2.64 bits per heavy atom. The largest absolute Gasteiger partial charge is 0.396 e. The molecule has 0 saturated carbocycles. The molecule has 78 valence electrons. The molecule has 0 bridgehead atoms. The van der Waals surface area contributed by atoms with Crippen LogP contribution in [0.3, 0.4) is 0 Å². The summed E-state index contributed by atoms with van der Waals surface area (Å²) in [5.41, 5.74) is 11.6. The van der Waals surface area contributed by atoms with E-state index in [4.69, 9.17) is 11.5 Å². The van der Waals surface area contributed by atoms with Gasteiger partial charge in [-0.3, -0.25) is 0 Å². The average Bonchev–Trinajstić information content (AvgIpc) is 2.10. The molecule has 0 aliphatic carbocycles. The molecule has 0 aliphatic rings. The SMILES string of the molecule is CN(C)CCNc1ccc(N)c(N)n1.